The fourth-order valence-electron chi connectivity index (χ4n) is 2.86. The summed E-state index contributed by atoms with van der Waals surface area (Å²) in [6, 6.07) is 15.0. The summed E-state index contributed by atoms with van der Waals surface area (Å²) in [4.78, 5) is 25.7. The first kappa shape index (κ1) is 18.7. The van der Waals surface area contributed by atoms with Crippen molar-refractivity contribution in [2.24, 2.45) is 0 Å². The van der Waals surface area contributed by atoms with E-state index in [1.54, 1.807) is 7.05 Å². The molecular formula is C20H17F3N2O2. The van der Waals surface area contributed by atoms with E-state index in [-0.39, 0.29) is 6.54 Å². The van der Waals surface area contributed by atoms with E-state index in [0.29, 0.717) is 12.3 Å². The minimum absolute atomic E-state index is 0.286. The molecule has 0 aliphatic rings. The van der Waals surface area contributed by atoms with Crippen LogP contribution < -0.4 is 5.56 Å². The molecule has 0 fully saturated rings. The molecule has 1 amide bonds. The van der Waals surface area contributed by atoms with Crippen LogP contribution in [-0.2, 0) is 24.1 Å². The Morgan fingerprint density at radius 1 is 1.04 bits per heavy atom. The zero-order valence-corrected chi connectivity index (χ0v) is 14.5. The second-order valence-corrected chi connectivity index (χ2v) is 6.27. The Morgan fingerprint density at radius 3 is 2.48 bits per heavy atom. The molecule has 4 nitrogen and oxygen atoms in total. The number of aromatic nitrogens is 1. The van der Waals surface area contributed by atoms with Crippen molar-refractivity contribution in [1.82, 2.24) is 9.47 Å². The van der Waals surface area contributed by atoms with Gasteiger partial charge in [-0.2, -0.15) is 13.2 Å². The van der Waals surface area contributed by atoms with Crippen LogP contribution in [0, 0.1) is 0 Å². The van der Waals surface area contributed by atoms with Crippen LogP contribution in [0.2, 0.25) is 0 Å². The molecule has 1 aromatic heterocycles. The van der Waals surface area contributed by atoms with Gasteiger partial charge in [0.2, 0.25) is 5.91 Å². The summed E-state index contributed by atoms with van der Waals surface area (Å²) in [5, 5.41) is 2.03. The standard InChI is InChI=1S/C20H17F3N2O2/c1-24(11-15-7-4-6-14-5-2-3-8-17(14)15)19(27)13-25-12-16(20(21,22)23)9-10-18(25)26/h2-10,12H,11,13H2,1H3. The van der Waals surface area contributed by atoms with Crippen LogP contribution >= 0.6 is 0 Å². The van der Waals surface area contributed by atoms with Gasteiger partial charge in [0.05, 0.1) is 5.56 Å². The molecule has 0 unspecified atom stereocenters. The first-order valence-corrected chi connectivity index (χ1v) is 8.24. The van der Waals surface area contributed by atoms with Gasteiger partial charge in [0.1, 0.15) is 6.54 Å². The molecule has 0 aliphatic carbocycles. The summed E-state index contributed by atoms with van der Waals surface area (Å²) in [6.07, 6.45) is -3.90. The van der Waals surface area contributed by atoms with E-state index in [2.05, 4.69) is 0 Å². The van der Waals surface area contributed by atoms with Crippen molar-refractivity contribution in [2.45, 2.75) is 19.3 Å². The number of hydrogen-bond acceptors (Lipinski definition) is 2. The van der Waals surface area contributed by atoms with Crippen molar-refractivity contribution in [2.75, 3.05) is 7.05 Å². The topological polar surface area (TPSA) is 42.3 Å². The molecule has 0 atom stereocenters. The number of nitrogens with zero attached hydrogens (tertiary/aromatic N) is 2. The molecule has 0 N–H and O–H groups in total. The Bertz CT molecular complexity index is 1040. The van der Waals surface area contributed by atoms with Crippen LogP contribution in [-0.4, -0.2) is 22.4 Å². The number of fused-ring (bicyclic) bond motifs is 1. The highest BCUT2D eigenvalue weighted by atomic mass is 19.4. The van der Waals surface area contributed by atoms with Crippen LogP contribution in [0.5, 0.6) is 0 Å². The summed E-state index contributed by atoms with van der Waals surface area (Å²) in [5.41, 5.74) is -0.707. The third-order valence-electron chi connectivity index (χ3n) is 4.33. The molecule has 0 bridgehead atoms. The van der Waals surface area contributed by atoms with Crippen molar-refractivity contribution >= 4 is 16.7 Å². The van der Waals surface area contributed by atoms with Gasteiger partial charge >= 0.3 is 6.18 Å². The lowest BCUT2D eigenvalue weighted by atomic mass is 10.0. The van der Waals surface area contributed by atoms with Crippen LogP contribution in [0.1, 0.15) is 11.1 Å². The molecule has 1 heterocycles. The number of halogens is 3. The van der Waals surface area contributed by atoms with Crippen LogP contribution in [0.3, 0.4) is 0 Å². The fourth-order valence-corrected chi connectivity index (χ4v) is 2.86. The second kappa shape index (κ2) is 7.26. The van der Waals surface area contributed by atoms with Gasteiger partial charge in [-0.25, -0.2) is 0 Å². The van der Waals surface area contributed by atoms with E-state index in [0.717, 1.165) is 27.0 Å². The zero-order valence-electron chi connectivity index (χ0n) is 14.5. The zero-order chi connectivity index (χ0) is 19.6. The molecule has 3 rings (SSSR count). The molecule has 0 saturated heterocycles. The molecule has 0 spiro atoms. The maximum Gasteiger partial charge on any atom is 0.417 e. The summed E-state index contributed by atoms with van der Waals surface area (Å²) in [7, 11) is 1.56. The molecule has 2 aromatic carbocycles. The van der Waals surface area contributed by atoms with Crippen LogP contribution in [0.4, 0.5) is 13.2 Å². The number of carbonyl (C=O) groups is 1. The lowest BCUT2D eigenvalue weighted by molar-refractivity contribution is -0.138. The van der Waals surface area contributed by atoms with Crippen LogP contribution in [0.25, 0.3) is 10.8 Å². The summed E-state index contributed by atoms with van der Waals surface area (Å²) < 4.78 is 39.2. The average Bonchev–Trinajstić information content (AvgIpc) is 2.62. The van der Waals surface area contributed by atoms with Gasteiger partial charge in [-0.3, -0.25) is 9.59 Å². The van der Waals surface area contributed by atoms with Gasteiger partial charge in [0.25, 0.3) is 5.56 Å². The molecule has 0 aliphatic heterocycles. The SMILES string of the molecule is CN(Cc1cccc2ccccc12)C(=O)Cn1cc(C(F)(F)F)ccc1=O. The van der Waals surface area contributed by atoms with Crippen molar-refractivity contribution < 1.29 is 18.0 Å². The van der Waals surface area contributed by atoms with Gasteiger partial charge in [0.15, 0.2) is 0 Å². The van der Waals surface area contributed by atoms with Gasteiger partial charge in [-0.1, -0.05) is 42.5 Å². The maximum absolute atomic E-state index is 12.8. The number of amides is 1. The number of alkyl halides is 3. The van der Waals surface area contributed by atoms with Crippen molar-refractivity contribution in [3.05, 3.63) is 82.3 Å². The fraction of sp³-hybridized carbons (Fsp3) is 0.200. The minimum atomic E-state index is -4.58. The summed E-state index contributed by atoms with van der Waals surface area (Å²) >= 11 is 0. The van der Waals surface area contributed by atoms with Gasteiger partial charge in [-0.15, -0.1) is 0 Å². The number of rotatable bonds is 4. The summed E-state index contributed by atoms with van der Waals surface area (Å²) in [5.74, 6) is -0.454. The third-order valence-corrected chi connectivity index (χ3v) is 4.33. The smallest absolute Gasteiger partial charge is 0.340 e. The lowest BCUT2D eigenvalue weighted by Crippen LogP contribution is -2.33. The Morgan fingerprint density at radius 2 is 1.74 bits per heavy atom. The number of likely N-dealkylation sites (N-methyl/N-ethyl adjacent to an activating group) is 1. The van der Waals surface area contributed by atoms with Crippen molar-refractivity contribution in [1.29, 1.82) is 0 Å². The maximum atomic E-state index is 12.8. The molecule has 27 heavy (non-hydrogen) atoms. The number of hydrogen-bond donors (Lipinski definition) is 0. The van der Waals surface area contributed by atoms with E-state index in [9.17, 15) is 22.8 Å². The molecular weight excluding hydrogens is 357 g/mol. The Kier molecular flexibility index (Phi) is 5.03. The largest absolute Gasteiger partial charge is 0.417 e. The van der Waals surface area contributed by atoms with Crippen molar-refractivity contribution in [3.8, 4) is 0 Å². The highest BCUT2D eigenvalue weighted by Crippen LogP contribution is 2.28. The van der Waals surface area contributed by atoms with Gasteiger partial charge in [0, 0.05) is 25.9 Å². The molecule has 0 radical (unpaired) electrons. The molecule has 140 valence electrons. The molecule has 7 heteroatoms. The number of pyridine rings is 1. The van der Waals surface area contributed by atoms with Gasteiger partial charge in [-0.05, 0) is 22.4 Å². The van der Waals surface area contributed by atoms with E-state index < -0.39 is 29.8 Å². The molecule has 0 saturated carbocycles. The third kappa shape index (κ3) is 4.19. The summed E-state index contributed by atoms with van der Waals surface area (Å²) in [6.45, 7) is -0.169. The normalized spacial score (nSPS) is 11.6. The quantitative estimate of drug-likeness (QED) is 0.699. The van der Waals surface area contributed by atoms with E-state index in [4.69, 9.17) is 0 Å². The number of benzene rings is 2. The monoisotopic (exact) mass is 374 g/mol. The Balaban J connectivity index is 1.79. The average molecular weight is 374 g/mol. The minimum Gasteiger partial charge on any atom is -0.340 e. The number of carbonyl (C=O) groups excluding carboxylic acids is 1. The van der Waals surface area contributed by atoms with E-state index in [1.807, 2.05) is 42.5 Å². The first-order valence-electron chi connectivity index (χ1n) is 8.24. The lowest BCUT2D eigenvalue weighted by Gasteiger charge is -2.19. The Labute approximate surface area is 153 Å². The highest BCUT2D eigenvalue weighted by molar-refractivity contribution is 5.86. The highest BCUT2D eigenvalue weighted by Gasteiger charge is 2.31. The molecule has 3 aromatic rings. The first-order chi connectivity index (χ1) is 12.8. The second-order valence-electron chi connectivity index (χ2n) is 6.27. The van der Waals surface area contributed by atoms with E-state index in [1.165, 1.54) is 4.90 Å². The van der Waals surface area contributed by atoms with Crippen molar-refractivity contribution in [3.63, 3.8) is 0 Å². The Hall–Kier alpha value is -3.09. The predicted molar refractivity (Wildman–Crippen MR) is 96.1 cm³/mol. The van der Waals surface area contributed by atoms with Gasteiger partial charge < -0.3 is 9.47 Å². The predicted octanol–water partition coefficient (Wildman–Crippen LogP) is 3.68. The van der Waals surface area contributed by atoms with Crippen LogP contribution in [0.15, 0.2) is 65.6 Å². The van der Waals surface area contributed by atoms with E-state index >= 15 is 0 Å².